The van der Waals surface area contributed by atoms with E-state index >= 15 is 4.39 Å². The Balaban J connectivity index is 2.98. The quantitative estimate of drug-likeness (QED) is 0.104. The van der Waals surface area contributed by atoms with Gasteiger partial charge in [0.25, 0.3) is 5.25 Å². The fraction of sp³-hybridized carbons (Fsp3) is 0.714. The lowest BCUT2D eigenvalue weighted by molar-refractivity contribution is -0.149. The number of esters is 1. The second-order valence-electron chi connectivity index (χ2n) is 9.45. The molecule has 5 atom stereocenters. The first-order valence-corrected chi connectivity index (χ1v) is 14.3. The Kier molecular flexibility index (Phi) is 12.8. The monoisotopic (exact) mass is 604 g/mol. The van der Waals surface area contributed by atoms with Crippen molar-refractivity contribution in [2.75, 3.05) is 24.7 Å². The zero-order valence-corrected chi connectivity index (χ0v) is 24.4. The summed E-state index contributed by atoms with van der Waals surface area (Å²) in [7, 11) is -4.42. The zero-order valence-electron chi connectivity index (χ0n) is 21.9. The molecular weight excluding hydrogens is 570 g/mol. The molecule has 5 unspecified atom stereocenters. The number of carbonyl (C=O) groups excluding carboxylic acids is 2. The van der Waals surface area contributed by atoms with Gasteiger partial charge in [0.15, 0.2) is 11.2 Å². The molecule has 0 bridgehead atoms. The number of nitrogens with one attached hydrogen (secondary N) is 1. The first-order valence-electron chi connectivity index (χ1n) is 11.4. The van der Waals surface area contributed by atoms with Crippen molar-refractivity contribution in [2.24, 2.45) is 5.41 Å². The molecule has 1 rings (SSSR count). The van der Waals surface area contributed by atoms with Crippen LogP contribution in [-0.2, 0) is 33.2 Å². The lowest BCUT2D eigenvalue weighted by Gasteiger charge is -2.30. The van der Waals surface area contributed by atoms with Crippen LogP contribution < -0.4 is 16.5 Å². The van der Waals surface area contributed by atoms with Crippen LogP contribution in [0.3, 0.4) is 0 Å². The summed E-state index contributed by atoms with van der Waals surface area (Å²) in [6.45, 7) is 8.42. The van der Waals surface area contributed by atoms with Crippen LogP contribution in [0.5, 0.6) is 0 Å². The Morgan fingerprint density at radius 1 is 1.29 bits per heavy atom. The van der Waals surface area contributed by atoms with Crippen LogP contribution in [-0.4, -0.2) is 74.2 Å². The topological polar surface area (TPSA) is 192 Å². The van der Waals surface area contributed by atoms with E-state index in [4.69, 9.17) is 31.1 Å². The van der Waals surface area contributed by atoms with Crippen molar-refractivity contribution >= 4 is 48.0 Å². The van der Waals surface area contributed by atoms with Gasteiger partial charge in [-0.2, -0.15) is 9.37 Å². The van der Waals surface area contributed by atoms with Gasteiger partial charge in [-0.05, 0) is 26.8 Å². The molecular formula is C21H35ClFN4O9PS. The number of carbonyl (C=O) groups is 2. The second kappa shape index (κ2) is 14.2. The number of aromatic nitrogens is 2. The third-order valence-corrected chi connectivity index (χ3v) is 7.90. The second-order valence-corrected chi connectivity index (χ2v) is 12.8. The Morgan fingerprint density at radius 2 is 1.89 bits per heavy atom. The molecule has 0 saturated carbocycles. The molecule has 13 nitrogen and oxygen atoms in total. The summed E-state index contributed by atoms with van der Waals surface area (Å²) in [5.41, 5.74) is 3.48. The first kappa shape index (κ1) is 34.4. The summed E-state index contributed by atoms with van der Waals surface area (Å²) in [5.74, 6) is -0.943. The molecule has 1 aromatic rings. The average Bonchev–Trinajstić information content (AvgIpc) is 2.78. The molecule has 0 aliphatic rings. The standard InChI is InChI=1S/C21H35ClFN4O9PS/c1-12(2)36-17(30)13(3)26-37(33,34-9-10-38-18(31)20(4,5)6)35-11-14(28)16(29)21(22,23)27-8-7-15(24)25-19(27)32/h7-8,12-14,16,28-29H,9-11H2,1-6H3,(H,26,33)(H2,24,25,32). The van der Waals surface area contributed by atoms with E-state index in [1.807, 2.05) is 0 Å². The number of nitrogens with zero attached hydrogens (tertiary/aromatic N) is 2. The fourth-order valence-electron chi connectivity index (χ4n) is 2.53. The van der Waals surface area contributed by atoms with E-state index in [0.29, 0.717) is 0 Å². The molecule has 0 radical (unpaired) electrons. The van der Waals surface area contributed by atoms with Gasteiger partial charge in [-0.15, -0.1) is 0 Å². The Morgan fingerprint density at radius 3 is 2.42 bits per heavy atom. The lowest BCUT2D eigenvalue weighted by atomic mass is 10.00. The average molecular weight is 605 g/mol. The number of nitrogen functional groups attached to an aromatic ring is 1. The normalized spacial score (nSPS) is 17.8. The molecule has 1 aromatic heterocycles. The number of aliphatic hydroxyl groups is 2. The van der Waals surface area contributed by atoms with Gasteiger partial charge in [0.1, 0.15) is 18.0 Å². The van der Waals surface area contributed by atoms with E-state index in [1.165, 1.54) is 6.92 Å². The minimum atomic E-state index is -4.42. The number of ether oxygens (including phenoxy) is 1. The van der Waals surface area contributed by atoms with Crippen LogP contribution >= 0.6 is 31.1 Å². The number of thioether (sulfide) groups is 1. The van der Waals surface area contributed by atoms with Crippen LogP contribution in [0, 0.1) is 5.41 Å². The van der Waals surface area contributed by atoms with Gasteiger partial charge >= 0.3 is 19.4 Å². The molecule has 1 heterocycles. The molecule has 0 amide bonds. The van der Waals surface area contributed by atoms with Gasteiger partial charge in [0, 0.05) is 17.4 Å². The highest BCUT2D eigenvalue weighted by Gasteiger charge is 2.44. The predicted molar refractivity (Wildman–Crippen MR) is 140 cm³/mol. The summed E-state index contributed by atoms with van der Waals surface area (Å²) in [5, 5.41) is 19.4. The van der Waals surface area contributed by atoms with E-state index in [2.05, 4.69) is 10.1 Å². The Bertz CT molecular complexity index is 1070. The number of alkyl halides is 2. The van der Waals surface area contributed by atoms with E-state index in [1.54, 1.807) is 34.6 Å². The van der Waals surface area contributed by atoms with Gasteiger partial charge in [-0.25, -0.2) is 19.0 Å². The number of halogens is 2. The summed E-state index contributed by atoms with van der Waals surface area (Å²) >= 11 is 6.62. The number of aliphatic hydroxyl groups excluding tert-OH is 2. The minimum Gasteiger partial charge on any atom is -0.462 e. The molecule has 38 heavy (non-hydrogen) atoms. The van der Waals surface area contributed by atoms with Gasteiger partial charge in [-0.1, -0.05) is 44.1 Å². The fourth-order valence-corrected chi connectivity index (χ4v) is 5.19. The first-order chi connectivity index (χ1) is 17.3. The third-order valence-electron chi connectivity index (χ3n) is 4.53. The van der Waals surface area contributed by atoms with Crippen molar-refractivity contribution in [3.8, 4) is 0 Å². The van der Waals surface area contributed by atoms with Gasteiger partial charge in [0.2, 0.25) is 0 Å². The molecule has 0 saturated heterocycles. The van der Waals surface area contributed by atoms with Crippen molar-refractivity contribution in [3.63, 3.8) is 0 Å². The molecule has 0 aliphatic heterocycles. The minimum absolute atomic E-state index is 0.0729. The number of rotatable bonds is 14. The number of anilines is 1. The van der Waals surface area contributed by atoms with Crippen LogP contribution in [0.2, 0.25) is 0 Å². The third kappa shape index (κ3) is 10.5. The largest absolute Gasteiger partial charge is 0.462 e. The maximum Gasteiger partial charge on any atom is 0.406 e. The lowest BCUT2D eigenvalue weighted by Crippen LogP contribution is -2.49. The van der Waals surface area contributed by atoms with E-state index in [0.717, 1.165) is 24.0 Å². The molecule has 5 N–H and O–H groups in total. The van der Waals surface area contributed by atoms with Crippen LogP contribution in [0.4, 0.5) is 10.2 Å². The Labute approximate surface area is 229 Å². The molecule has 0 aliphatic carbocycles. The zero-order chi connectivity index (χ0) is 29.5. The van der Waals surface area contributed by atoms with Crippen molar-refractivity contribution in [1.29, 1.82) is 0 Å². The maximum atomic E-state index is 15.1. The van der Waals surface area contributed by atoms with Crippen molar-refractivity contribution in [3.05, 3.63) is 22.7 Å². The van der Waals surface area contributed by atoms with Gasteiger partial charge in [-0.3, -0.25) is 18.6 Å². The van der Waals surface area contributed by atoms with Crippen molar-refractivity contribution in [1.82, 2.24) is 14.6 Å². The summed E-state index contributed by atoms with van der Waals surface area (Å²) in [4.78, 5) is 39.5. The highest BCUT2D eigenvalue weighted by molar-refractivity contribution is 8.13. The maximum absolute atomic E-state index is 15.1. The van der Waals surface area contributed by atoms with E-state index < -0.39 is 61.0 Å². The summed E-state index contributed by atoms with van der Waals surface area (Å²) < 4.78 is 44.1. The van der Waals surface area contributed by atoms with E-state index in [9.17, 15) is 29.2 Å². The predicted octanol–water partition coefficient (Wildman–Crippen LogP) is 1.74. The summed E-state index contributed by atoms with van der Waals surface area (Å²) in [6.07, 6.45) is -4.28. The van der Waals surface area contributed by atoms with Crippen LogP contribution in [0.25, 0.3) is 0 Å². The van der Waals surface area contributed by atoms with Crippen molar-refractivity contribution < 1.29 is 42.5 Å². The van der Waals surface area contributed by atoms with Crippen molar-refractivity contribution in [2.45, 2.75) is 71.1 Å². The number of nitrogens with two attached hydrogens (primary N) is 1. The smallest absolute Gasteiger partial charge is 0.406 e. The SMILES string of the molecule is CC(C)OC(=O)C(C)NP(=O)(OCCSC(=O)C(C)(C)C)OCC(O)C(O)C(F)(Cl)n1ccc(N)nc1=O. The van der Waals surface area contributed by atoms with Gasteiger partial charge in [0.05, 0.1) is 19.3 Å². The molecule has 0 spiro atoms. The van der Waals surface area contributed by atoms with Crippen LogP contribution in [0.1, 0.15) is 41.5 Å². The molecule has 218 valence electrons. The van der Waals surface area contributed by atoms with E-state index in [-0.39, 0.29) is 27.9 Å². The number of hydrogen-bond donors (Lipinski definition) is 4. The highest BCUT2D eigenvalue weighted by atomic mass is 35.5. The van der Waals surface area contributed by atoms with Crippen LogP contribution in [0.15, 0.2) is 17.1 Å². The Hall–Kier alpha value is -1.58. The molecule has 17 heteroatoms. The molecule has 0 aromatic carbocycles. The van der Waals surface area contributed by atoms with Gasteiger partial charge < -0.3 is 20.7 Å². The highest BCUT2D eigenvalue weighted by Crippen LogP contribution is 2.45. The number of hydrogen-bond acceptors (Lipinski definition) is 12. The molecule has 0 fully saturated rings. The summed E-state index contributed by atoms with van der Waals surface area (Å²) in [6, 6.07) is -0.165.